The van der Waals surface area contributed by atoms with Gasteiger partial charge in [0.1, 0.15) is 6.04 Å². The third kappa shape index (κ3) is 8.26. The summed E-state index contributed by atoms with van der Waals surface area (Å²) in [6, 6.07) is 24.9. The molecule has 2 amide bonds. The Labute approximate surface area is 233 Å². The Balaban J connectivity index is 1.54. The maximum atomic E-state index is 13.7. The summed E-state index contributed by atoms with van der Waals surface area (Å²) >= 11 is 13.7. The van der Waals surface area contributed by atoms with Gasteiger partial charge in [0.2, 0.25) is 11.8 Å². The number of benzene rings is 3. The van der Waals surface area contributed by atoms with E-state index in [9.17, 15) is 9.59 Å². The minimum atomic E-state index is -0.596. The van der Waals surface area contributed by atoms with Gasteiger partial charge >= 0.3 is 0 Å². The number of nitrogens with one attached hydrogen (secondary N) is 1. The van der Waals surface area contributed by atoms with Crippen molar-refractivity contribution in [2.45, 2.75) is 56.5 Å². The van der Waals surface area contributed by atoms with Gasteiger partial charge in [-0.15, -0.1) is 11.8 Å². The van der Waals surface area contributed by atoms with Crippen LogP contribution in [0.25, 0.3) is 0 Å². The van der Waals surface area contributed by atoms with Crippen LogP contribution in [0.4, 0.5) is 0 Å². The summed E-state index contributed by atoms with van der Waals surface area (Å²) in [6.07, 6.45) is 4.72. The predicted octanol–water partition coefficient (Wildman–Crippen LogP) is 6.93. The van der Waals surface area contributed by atoms with Crippen LogP contribution < -0.4 is 5.32 Å². The molecule has 0 unspecified atom stereocenters. The summed E-state index contributed by atoms with van der Waals surface area (Å²) in [5.41, 5.74) is 3.03. The summed E-state index contributed by atoms with van der Waals surface area (Å²) in [5.74, 6) is 0.750. The number of amides is 2. The highest BCUT2D eigenvalue weighted by Gasteiger charge is 2.32. The summed E-state index contributed by atoms with van der Waals surface area (Å²) in [4.78, 5) is 29.1. The van der Waals surface area contributed by atoms with E-state index in [0.717, 1.165) is 42.4 Å². The van der Waals surface area contributed by atoms with E-state index in [2.05, 4.69) is 5.32 Å². The monoisotopic (exact) mass is 554 g/mol. The van der Waals surface area contributed by atoms with Gasteiger partial charge in [0, 0.05) is 24.8 Å². The molecule has 37 heavy (non-hydrogen) atoms. The van der Waals surface area contributed by atoms with Gasteiger partial charge in [0.05, 0.1) is 15.8 Å². The fourth-order valence-electron chi connectivity index (χ4n) is 4.67. The molecule has 4 nitrogen and oxygen atoms in total. The number of carbonyl (C=O) groups is 2. The molecule has 1 fully saturated rings. The van der Waals surface area contributed by atoms with Gasteiger partial charge in [-0.25, -0.2) is 0 Å². The molecule has 1 saturated carbocycles. The van der Waals surface area contributed by atoms with Gasteiger partial charge in [-0.2, -0.15) is 0 Å². The highest BCUT2D eigenvalue weighted by Crippen LogP contribution is 2.25. The van der Waals surface area contributed by atoms with Crippen molar-refractivity contribution in [3.8, 4) is 0 Å². The Kier molecular flexibility index (Phi) is 10.4. The fourth-order valence-corrected chi connectivity index (χ4v) is 5.85. The smallest absolute Gasteiger partial charge is 0.243 e. The molecule has 0 heterocycles. The van der Waals surface area contributed by atoms with Gasteiger partial charge in [0.15, 0.2) is 0 Å². The second-order valence-electron chi connectivity index (χ2n) is 9.44. The average molecular weight is 556 g/mol. The number of halogens is 2. The molecule has 0 aromatic heterocycles. The highest BCUT2D eigenvalue weighted by atomic mass is 35.5. The molecule has 0 saturated heterocycles. The number of carbonyl (C=O) groups excluding carboxylic acids is 2. The van der Waals surface area contributed by atoms with Crippen LogP contribution in [0.2, 0.25) is 10.0 Å². The van der Waals surface area contributed by atoms with Crippen molar-refractivity contribution in [3.63, 3.8) is 0 Å². The molecule has 3 aromatic rings. The second kappa shape index (κ2) is 13.9. The van der Waals surface area contributed by atoms with Crippen LogP contribution in [0.1, 0.15) is 42.4 Å². The summed E-state index contributed by atoms with van der Waals surface area (Å²) < 4.78 is 0. The number of hydrogen-bond donors (Lipinski definition) is 1. The third-order valence-corrected chi connectivity index (χ3v) is 8.37. The van der Waals surface area contributed by atoms with Gasteiger partial charge in [-0.3, -0.25) is 9.59 Å². The maximum Gasteiger partial charge on any atom is 0.243 e. The van der Waals surface area contributed by atoms with E-state index in [-0.39, 0.29) is 23.6 Å². The van der Waals surface area contributed by atoms with Crippen LogP contribution in [-0.4, -0.2) is 34.6 Å². The quantitative estimate of drug-likeness (QED) is 0.279. The van der Waals surface area contributed by atoms with E-state index >= 15 is 0 Å². The molecule has 3 aromatic carbocycles. The number of nitrogens with zero attached hydrogens (tertiary/aromatic N) is 1. The van der Waals surface area contributed by atoms with Crippen molar-refractivity contribution < 1.29 is 9.59 Å². The lowest BCUT2D eigenvalue weighted by molar-refractivity contribution is -0.139. The summed E-state index contributed by atoms with van der Waals surface area (Å²) in [5, 5.41) is 4.26. The maximum absolute atomic E-state index is 13.7. The Morgan fingerprint density at radius 3 is 2.16 bits per heavy atom. The standard InChI is InChI=1S/C30H32Cl2N2O2S/c31-26-16-15-24(17-27(26)32)20-37-21-29(35)34(19-23-11-5-2-6-12-23)28(18-22-9-3-1-4-10-22)30(36)33-25-13-7-8-14-25/h1-6,9-12,15-17,25,28H,7-8,13-14,18-21H2,(H,33,36)/t28-/m0/s1. The van der Waals surface area contributed by atoms with Gasteiger partial charge in [0.25, 0.3) is 0 Å². The lowest BCUT2D eigenvalue weighted by atomic mass is 10.0. The van der Waals surface area contributed by atoms with Gasteiger partial charge < -0.3 is 10.2 Å². The molecule has 7 heteroatoms. The van der Waals surface area contributed by atoms with Crippen molar-refractivity contribution in [1.29, 1.82) is 0 Å². The molecule has 1 aliphatic rings. The zero-order valence-electron chi connectivity index (χ0n) is 20.7. The summed E-state index contributed by atoms with van der Waals surface area (Å²) in [6.45, 7) is 0.378. The molecule has 194 valence electrons. The Bertz CT molecular complexity index is 1170. The molecule has 1 N–H and O–H groups in total. The van der Waals surface area contributed by atoms with E-state index in [1.54, 1.807) is 11.0 Å². The number of hydrogen-bond acceptors (Lipinski definition) is 3. The second-order valence-corrected chi connectivity index (χ2v) is 11.2. The van der Waals surface area contributed by atoms with Crippen molar-refractivity contribution in [2.75, 3.05) is 5.75 Å². The highest BCUT2D eigenvalue weighted by molar-refractivity contribution is 7.99. The van der Waals surface area contributed by atoms with E-state index in [1.165, 1.54) is 11.8 Å². The molecule has 0 bridgehead atoms. The molecule has 1 aliphatic carbocycles. The molecular formula is C30H32Cl2N2O2S. The van der Waals surface area contributed by atoms with Gasteiger partial charge in [-0.1, -0.05) is 103 Å². The normalized spacial score (nSPS) is 14.3. The van der Waals surface area contributed by atoms with Crippen LogP contribution in [0.15, 0.2) is 78.9 Å². The first kappa shape index (κ1) is 27.6. The average Bonchev–Trinajstić information content (AvgIpc) is 3.42. The van der Waals surface area contributed by atoms with Gasteiger partial charge in [-0.05, 0) is 41.7 Å². The third-order valence-electron chi connectivity index (χ3n) is 6.65. The molecule has 4 rings (SSSR count). The van der Waals surface area contributed by atoms with Crippen molar-refractivity contribution in [1.82, 2.24) is 10.2 Å². The summed E-state index contributed by atoms with van der Waals surface area (Å²) in [7, 11) is 0. The lowest BCUT2D eigenvalue weighted by Crippen LogP contribution is -2.52. The predicted molar refractivity (Wildman–Crippen MR) is 154 cm³/mol. The van der Waals surface area contributed by atoms with Crippen molar-refractivity contribution >= 4 is 46.8 Å². The Hall–Kier alpha value is -2.47. The first-order valence-electron chi connectivity index (χ1n) is 12.7. The van der Waals surface area contributed by atoms with Crippen LogP contribution in [0.5, 0.6) is 0 Å². The molecule has 1 atom stereocenters. The molecule has 0 radical (unpaired) electrons. The van der Waals surface area contributed by atoms with Crippen molar-refractivity contribution in [3.05, 3.63) is 106 Å². The minimum absolute atomic E-state index is 0.0589. The lowest BCUT2D eigenvalue weighted by Gasteiger charge is -2.32. The Morgan fingerprint density at radius 1 is 0.865 bits per heavy atom. The Morgan fingerprint density at radius 2 is 1.51 bits per heavy atom. The van der Waals surface area contributed by atoms with Crippen LogP contribution in [0.3, 0.4) is 0 Å². The largest absolute Gasteiger partial charge is 0.352 e. The molecule has 0 spiro atoms. The zero-order valence-corrected chi connectivity index (χ0v) is 23.1. The zero-order chi connectivity index (χ0) is 26.0. The molecule has 0 aliphatic heterocycles. The topological polar surface area (TPSA) is 49.4 Å². The number of rotatable bonds is 11. The SMILES string of the molecule is O=C(NC1CCCC1)[C@H](Cc1ccccc1)N(Cc1ccccc1)C(=O)CSCc1ccc(Cl)c(Cl)c1. The first-order chi connectivity index (χ1) is 18.0. The minimum Gasteiger partial charge on any atom is -0.352 e. The molecular weight excluding hydrogens is 523 g/mol. The fraction of sp³-hybridized carbons (Fsp3) is 0.333. The first-order valence-corrected chi connectivity index (χ1v) is 14.6. The van der Waals surface area contributed by atoms with Crippen LogP contribution in [-0.2, 0) is 28.3 Å². The number of thioether (sulfide) groups is 1. The van der Waals surface area contributed by atoms with Crippen molar-refractivity contribution in [2.24, 2.45) is 0 Å². The van der Waals surface area contributed by atoms with E-state index in [1.807, 2.05) is 72.8 Å². The van der Waals surface area contributed by atoms with E-state index < -0.39 is 6.04 Å². The van der Waals surface area contributed by atoms with E-state index in [0.29, 0.717) is 28.8 Å². The van der Waals surface area contributed by atoms with Crippen LogP contribution in [0, 0.1) is 0 Å². The van der Waals surface area contributed by atoms with Crippen LogP contribution >= 0.6 is 35.0 Å². The van der Waals surface area contributed by atoms with E-state index in [4.69, 9.17) is 23.2 Å².